The zero-order valence-corrected chi connectivity index (χ0v) is 11.5. The normalized spacial score (nSPS) is 11.1. The van der Waals surface area contributed by atoms with E-state index in [0.29, 0.717) is 11.5 Å². The van der Waals surface area contributed by atoms with Gasteiger partial charge in [0.2, 0.25) is 5.88 Å². The Morgan fingerprint density at radius 1 is 1.05 bits per heavy atom. The first-order valence-electron chi connectivity index (χ1n) is 5.23. The molecule has 0 unspecified atom stereocenters. The summed E-state index contributed by atoms with van der Waals surface area (Å²) in [6.07, 6.45) is 0. The summed E-state index contributed by atoms with van der Waals surface area (Å²) in [5.74, 6) is 1.07. The van der Waals surface area contributed by atoms with Crippen LogP contribution in [0.4, 0.5) is 0 Å². The third kappa shape index (κ3) is 3.36. The number of methoxy groups -OCH3 is 1. The Bertz CT molecular complexity index is 688. The molecule has 0 bridgehead atoms. The number of rotatable bonds is 4. The number of nitrogens with zero attached hydrogens (tertiary/aromatic N) is 1. The average Bonchev–Trinajstić information content (AvgIpc) is 2.39. The lowest BCUT2D eigenvalue weighted by Gasteiger charge is -2.09. The van der Waals surface area contributed by atoms with E-state index < -0.39 is 9.05 Å². The highest BCUT2D eigenvalue weighted by Gasteiger charge is 2.13. The molecule has 7 heteroatoms. The van der Waals surface area contributed by atoms with Gasteiger partial charge in [-0.2, -0.15) is 0 Å². The van der Waals surface area contributed by atoms with Crippen molar-refractivity contribution in [2.75, 3.05) is 7.11 Å². The van der Waals surface area contributed by atoms with Crippen LogP contribution < -0.4 is 9.47 Å². The highest BCUT2D eigenvalue weighted by molar-refractivity contribution is 8.13. The van der Waals surface area contributed by atoms with Crippen molar-refractivity contribution >= 4 is 19.7 Å². The Morgan fingerprint density at radius 3 is 2.37 bits per heavy atom. The van der Waals surface area contributed by atoms with Crippen molar-refractivity contribution in [3.05, 3.63) is 42.5 Å². The number of pyridine rings is 1. The Morgan fingerprint density at radius 2 is 1.74 bits per heavy atom. The van der Waals surface area contributed by atoms with Gasteiger partial charge in [0, 0.05) is 16.7 Å². The van der Waals surface area contributed by atoms with Gasteiger partial charge in [0.1, 0.15) is 0 Å². The lowest BCUT2D eigenvalue weighted by Crippen LogP contribution is -1.97. The number of ether oxygens (including phenoxy) is 2. The summed E-state index contributed by atoms with van der Waals surface area (Å²) in [5, 5.41) is -0.262. The first kappa shape index (κ1) is 13.6. The van der Waals surface area contributed by atoms with Gasteiger partial charge in [0.05, 0.1) is 7.11 Å². The molecule has 1 aromatic heterocycles. The quantitative estimate of drug-likeness (QED) is 0.812. The second-order valence-corrected chi connectivity index (χ2v) is 6.02. The van der Waals surface area contributed by atoms with Gasteiger partial charge in [-0.1, -0.05) is 18.2 Å². The van der Waals surface area contributed by atoms with E-state index in [1.807, 2.05) is 0 Å². The molecule has 0 fully saturated rings. The van der Waals surface area contributed by atoms with Gasteiger partial charge in [0.25, 0.3) is 9.05 Å². The summed E-state index contributed by atoms with van der Waals surface area (Å²) in [6.45, 7) is 0. The van der Waals surface area contributed by atoms with Crippen LogP contribution in [0, 0.1) is 0 Å². The first-order valence-corrected chi connectivity index (χ1v) is 7.54. The molecule has 1 aromatic carbocycles. The molecule has 2 aromatic rings. The molecule has 0 aliphatic rings. The fourth-order valence-electron chi connectivity index (χ4n) is 1.40. The molecule has 0 amide bonds. The van der Waals surface area contributed by atoms with Crippen LogP contribution in [-0.4, -0.2) is 20.5 Å². The maximum absolute atomic E-state index is 11.2. The van der Waals surface area contributed by atoms with Crippen molar-refractivity contribution in [1.82, 2.24) is 4.98 Å². The maximum atomic E-state index is 11.2. The van der Waals surface area contributed by atoms with E-state index in [4.69, 9.17) is 20.2 Å². The Hall–Kier alpha value is -1.79. The lowest BCUT2D eigenvalue weighted by atomic mass is 10.3. The molecule has 19 heavy (non-hydrogen) atoms. The minimum atomic E-state index is -3.88. The number of hydrogen-bond donors (Lipinski definition) is 0. The molecule has 0 spiro atoms. The van der Waals surface area contributed by atoms with Crippen LogP contribution in [0.3, 0.4) is 0 Å². The van der Waals surface area contributed by atoms with E-state index in [0.717, 1.165) is 0 Å². The summed E-state index contributed by atoms with van der Waals surface area (Å²) in [6, 6.07) is 11.3. The second kappa shape index (κ2) is 5.46. The van der Waals surface area contributed by atoms with Crippen LogP contribution in [0.25, 0.3) is 0 Å². The fourth-order valence-corrected chi connectivity index (χ4v) is 2.10. The minimum Gasteiger partial charge on any atom is -0.493 e. The van der Waals surface area contributed by atoms with E-state index in [2.05, 4.69) is 4.98 Å². The third-order valence-corrected chi connectivity index (χ3v) is 3.43. The molecular formula is C12H10ClNO4S. The summed E-state index contributed by atoms with van der Waals surface area (Å²) in [5.41, 5.74) is 0. The Kier molecular flexibility index (Phi) is 3.92. The van der Waals surface area contributed by atoms with Gasteiger partial charge in [-0.3, -0.25) is 0 Å². The standard InChI is InChI=1S/C12H10ClNO4S/c1-17-9-5-2-3-6-10(9)18-11-7-4-8-12(14-11)19(13,15)16/h2-8H,1H3. The van der Waals surface area contributed by atoms with Crippen LogP contribution in [0.5, 0.6) is 17.4 Å². The maximum Gasteiger partial charge on any atom is 0.278 e. The molecule has 0 atom stereocenters. The van der Waals surface area contributed by atoms with Gasteiger partial charge in [0.15, 0.2) is 16.5 Å². The van der Waals surface area contributed by atoms with E-state index in [1.165, 1.54) is 25.3 Å². The number of benzene rings is 1. The van der Waals surface area contributed by atoms with Crippen LogP contribution in [0.15, 0.2) is 47.5 Å². The molecule has 5 nitrogen and oxygen atoms in total. The second-order valence-electron chi connectivity index (χ2n) is 3.50. The lowest BCUT2D eigenvalue weighted by molar-refractivity contribution is 0.373. The van der Waals surface area contributed by atoms with Gasteiger partial charge in [-0.05, 0) is 18.2 Å². The van der Waals surface area contributed by atoms with Crippen LogP contribution in [-0.2, 0) is 9.05 Å². The summed E-state index contributed by atoms with van der Waals surface area (Å²) in [4.78, 5) is 3.82. The molecule has 0 saturated heterocycles. The van der Waals surface area contributed by atoms with Gasteiger partial charge < -0.3 is 9.47 Å². The van der Waals surface area contributed by atoms with Crippen LogP contribution >= 0.6 is 10.7 Å². The van der Waals surface area contributed by atoms with Gasteiger partial charge in [-0.15, -0.1) is 0 Å². The van der Waals surface area contributed by atoms with E-state index in [1.54, 1.807) is 24.3 Å². The fraction of sp³-hybridized carbons (Fsp3) is 0.0833. The molecule has 0 aliphatic heterocycles. The molecule has 100 valence electrons. The predicted octanol–water partition coefficient (Wildman–Crippen LogP) is 2.81. The van der Waals surface area contributed by atoms with E-state index in [-0.39, 0.29) is 10.9 Å². The van der Waals surface area contributed by atoms with Crippen molar-refractivity contribution in [1.29, 1.82) is 0 Å². The van der Waals surface area contributed by atoms with Crippen LogP contribution in [0.1, 0.15) is 0 Å². The van der Waals surface area contributed by atoms with Crippen molar-refractivity contribution in [2.45, 2.75) is 5.03 Å². The molecule has 0 radical (unpaired) electrons. The minimum absolute atomic E-state index is 0.117. The largest absolute Gasteiger partial charge is 0.493 e. The summed E-state index contributed by atoms with van der Waals surface area (Å²) < 4.78 is 33.0. The Balaban J connectivity index is 2.34. The summed E-state index contributed by atoms with van der Waals surface area (Å²) >= 11 is 0. The topological polar surface area (TPSA) is 65.5 Å². The molecule has 0 aliphatic carbocycles. The zero-order valence-electron chi connectivity index (χ0n) is 9.91. The highest BCUT2D eigenvalue weighted by atomic mass is 35.7. The third-order valence-electron chi connectivity index (χ3n) is 2.23. The molecular weight excluding hydrogens is 290 g/mol. The molecule has 1 heterocycles. The summed E-state index contributed by atoms with van der Waals surface area (Å²) in [7, 11) is 2.85. The average molecular weight is 300 g/mol. The van der Waals surface area contributed by atoms with Crippen molar-refractivity contribution in [3.8, 4) is 17.4 Å². The van der Waals surface area contributed by atoms with Gasteiger partial charge >= 0.3 is 0 Å². The smallest absolute Gasteiger partial charge is 0.278 e. The zero-order chi connectivity index (χ0) is 13.9. The van der Waals surface area contributed by atoms with Gasteiger partial charge in [-0.25, -0.2) is 13.4 Å². The number of hydrogen-bond acceptors (Lipinski definition) is 5. The van der Waals surface area contributed by atoms with E-state index in [9.17, 15) is 8.42 Å². The van der Waals surface area contributed by atoms with Crippen molar-refractivity contribution in [3.63, 3.8) is 0 Å². The number of aromatic nitrogens is 1. The highest BCUT2D eigenvalue weighted by Crippen LogP contribution is 2.30. The molecule has 2 rings (SSSR count). The first-order chi connectivity index (χ1) is 9.00. The van der Waals surface area contributed by atoms with Crippen molar-refractivity contribution < 1.29 is 17.9 Å². The van der Waals surface area contributed by atoms with Crippen LogP contribution in [0.2, 0.25) is 0 Å². The SMILES string of the molecule is COc1ccccc1Oc1cccc(S(=O)(=O)Cl)n1. The predicted molar refractivity (Wildman–Crippen MR) is 70.3 cm³/mol. The monoisotopic (exact) mass is 299 g/mol. The number of halogens is 1. The number of para-hydroxylation sites is 2. The van der Waals surface area contributed by atoms with Crippen molar-refractivity contribution in [2.24, 2.45) is 0 Å². The van der Waals surface area contributed by atoms with E-state index >= 15 is 0 Å². The molecule has 0 saturated carbocycles. The molecule has 0 N–H and O–H groups in total. The Labute approximate surface area is 115 Å².